The van der Waals surface area contributed by atoms with Gasteiger partial charge >= 0.3 is 0 Å². The molecule has 0 radical (unpaired) electrons. The maximum absolute atomic E-state index is 12.1. The number of nitrogens with zero attached hydrogens (tertiary/aromatic N) is 1. The van der Waals surface area contributed by atoms with E-state index in [0.717, 1.165) is 12.8 Å². The monoisotopic (exact) mass is 283 g/mol. The number of ether oxygens (including phenoxy) is 1. The van der Waals surface area contributed by atoms with Gasteiger partial charge in [0.25, 0.3) is 0 Å². The molecule has 4 nitrogen and oxygen atoms in total. The molecule has 0 saturated carbocycles. The van der Waals surface area contributed by atoms with Gasteiger partial charge in [0, 0.05) is 24.4 Å². The molecular formula is C14H21NO3S. The van der Waals surface area contributed by atoms with Crippen LogP contribution in [0.15, 0.2) is 17.5 Å². The number of aryl methyl sites for hydroxylation is 1. The SMILES string of the molecule is CC1CN(C(=O)CCCc2cccs2)CC(CO)O1. The predicted octanol–water partition coefficient (Wildman–Crippen LogP) is 1.68. The van der Waals surface area contributed by atoms with E-state index in [1.165, 1.54) is 4.88 Å². The molecule has 0 aliphatic carbocycles. The van der Waals surface area contributed by atoms with Crippen LogP contribution in [0.2, 0.25) is 0 Å². The number of hydrogen-bond donors (Lipinski definition) is 1. The standard InChI is InChI=1S/C14H21NO3S/c1-11-8-15(9-12(10-16)18-11)14(17)6-2-4-13-5-3-7-19-13/h3,5,7,11-12,16H,2,4,6,8-10H2,1H3. The average Bonchev–Trinajstić information content (AvgIpc) is 2.91. The summed E-state index contributed by atoms with van der Waals surface area (Å²) < 4.78 is 5.54. The molecule has 0 spiro atoms. The van der Waals surface area contributed by atoms with Crippen LogP contribution >= 0.6 is 11.3 Å². The van der Waals surface area contributed by atoms with Gasteiger partial charge in [0.05, 0.1) is 18.8 Å². The molecule has 2 unspecified atom stereocenters. The van der Waals surface area contributed by atoms with Crippen molar-refractivity contribution in [1.82, 2.24) is 4.90 Å². The number of thiophene rings is 1. The largest absolute Gasteiger partial charge is 0.394 e. The van der Waals surface area contributed by atoms with Gasteiger partial charge in [-0.3, -0.25) is 4.79 Å². The maximum atomic E-state index is 12.1. The third kappa shape index (κ3) is 4.30. The fraction of sp³-hybridized carbons (Fsp3) is 0.643. The first kappa shape index (κ1) is 14.5. The first-order chi connectivity index (χ1) is 9.19. The first-order valence-electron chi connectivity index (χ1n) is 6.75. The fourth-order valence-electron chi connectivity index (χ4n) is 2.38. The molecule has 2 rings (SSSR count). The molecule has 1 amide bonds. The van der Waals surface area contributed by atoms with Crippen LogP contribution in [-0.2, 0) is 16.0 Å². The van der Waals surface area contributed by atoms with Crippen molar-refractivity contribution in [2.75, 3.05) is 19.7 Å². The Hall–Kier alpha value is -0.910. The highest BCUT2D eigenvalue weighted by molar-refractivity contribution is 7.09. The third-order valence-electron chi connectivity index (χ3n) is 3.28. The summed E-state index contributed by atoms with van der Waals surface area (Å²) in [7, 11) is 0. The normalized spacial score (nSPS) is 23.6. The summed E-state index contributed by atoms with van der Waals surface area (Å²) in [6.07, 6.45) is 2.20. The molecule has 1 aliphatic rings. The lowest BCUT2D eigenvalue weighted by Crippen LogP contribution is -2.50. The maximum Gasteiger partial charge on any atom is 0.222 e. The van der Waals surface area contributed by atoms with Crippen molar-refractivity contribution in [2.24, 2.45) is 0 Å². The van der Waals surface area contributed by atoms with Gasteiger partial charge in [-0.05, 0) is 31.2 Å². The molecule has 1 N–H and O–H groups in total. The van der Waals surface area contributed by atoms with Gasteiger partial charge in [0.15, 0.2) is 0 Å². The first-order valence-corrected chi connectivity index (χ1v) is 7.63. The van der Waals surface area contributed by atoms with E-state index in [1.807, 2.05) is 17.9 Å². The lowest BCUT2D eigenvalue weighted by Gasteiger charge is -2.36. The Balaban J connectivity index is 1.75. The van der Waals surface area contributed by atoms with Gasteiger partial charge in [-0.1, -0.05) is 6.07 Å². The fourth-order valence-corrected chi connectivity index (χ4v) is 3.13. The molecule has 2 atom stereocenters. The van der Waals surface area contributed by atoms with E-state index in [4.69, 9.17) is 9.84 Å². The van der Waals surface area contributed by atoms with E-state index in [0.29, 0.717) is 19.5 Å². The average molecular weight is 283 g/mol. The van der Waals surface area contributed by atoms with Crippen molar-refractivity contribution < 1.29 is 14.6 Å². The number of morpholine rings is 1. The van der Waals surface area contributed by atoms with Crippen LogP contribution in [0.5, 0.6) is 0 Å². The van der Waals surface area contributed by atoms with Crippen LogP contribution in [-0.4, -0.2) is 47.8 Å². The van der Waals surface area contributed by atoms with E-state index in [1.54, 1.807) is 11.3 Å². The summed E-state index contributed by atoms with van der Waals surface area (Å²) in [5, 5.41) is 11.2. The van der Waals surface area contributed by atoms with Crippen molar-refractivity contribution in [3.05, 3.63) is 22.4 Å². The number of aliphatic hydroxyl groups excluding tert-OH is 1. The zero-order chi connectivity index (χ0) is 13.7. The molecular weight excluding hydrogens is 262 g/mol. The summed E-state index contributed by atoms with van der Waals surface area (Å²) in [4.78, 5) is 15.3. The summed E-state index contributed by atoms with van der Waals surface area (Å²) in [6, 6.07) is 4.14. The number of rotatable bonds is 5. The zero-order valence-electron chi connectivity index (χ0n) is 11.2. The van der Waals surface area contributed by atoms with Gasteiger partial charge in [0.1, 0.15) is 0 Å². The van der Waals surface area contributed by atoms with Crippen molar-refractivity contribution in [3.8, 4) is 0 Å². The molecule has 1 aliphatic heterocycles. The Morgan fingerprint density at radius 3 is 3.11 bits per heavy atom. The summed E-state index contributed by atoms with van der Waals surface area (Å²) in [6.45, 7) is 3.06. The van der Waals surface area contributed by atoms with E-state index < -0.39 is 0 Å². The van der Waals surface area contributed by atoms with Gasteiger partial charge in [0.2, 0.25) is 5.91 Å². The highest BCUT2D eigenvalue weighted by Gasteiger charge is 2.27. The summed E-state index contributed by atoms with van der Waals surface area (Å²) in [5.41, 5.74) is 0. The van der Waals surface area contributed by atoms with Gasteiger partial charge in [-0.15, -0.1) is 11.3 Å². The van der Waals surface area contributed by atoms with Crippen LogP contribution in [0, 0.1) is 0 Å². The number of carbonyl (C=O) groups excluding carboxylic acids is 1. The van der Waals surface area contributed by atoms with Crippen LogP contribution in [0.4, 0.5) is 0 Å². The van der Waals surface area contributed by atoms with Crippen molar-refractivity contribution >= 4 is 17.2 Å². The molecule has 106 valence electrons. The van der Waals surface area contributed by atoms with Crippen LogP contribution < -0.4 is 0 Å². The van der Waals surface area contributed by atoms with Gasteiger partial charge in [-0.2, -0.15) is 0 Å². The summed E-state index contributed by atoms with van der Waals surface area (Å²) >= 11 is 1.74. The molecule has 0 bridgehead atoms. The number of hydrogen-bond acceptors (Lipinski definition) is 4. The molecule has 19 heavy (non-hydrogen) atoms. The molecule has 1 aromatic heterocycles. The summed E-state index contributed by atoms with van der Waals surface area (Å²) in [5.74, 6) is 0.171. The number of aliphatic hydroxyl groups is 1. The Labute approximate surface area is 118 Å². The minimum absolute atomic E-state index is 0.00662. The van der Waals surface area contributed by atoms with E-state index in [2.05, 4.69) is 11.4 Å². The topological polar surface area (TPSA) is 49.8 Å². The second-order valence-corrected chi connectivity index (χ2v) is 6.02. The Morgan fingerprint density at radius 1 is 1.58 bits per heavy atom. The smallest absolute Gasteiger partial charge is 0.222 e. The lowest BCUT2D eigenvalue weighted by atomic mass is 10.1. The van der Waals surface area contributed by atoms with E-state index in [-0.39, 0.29) is 24.7 Å². The second kappa shape index (κ2) is 7.03. The minimum Gasteiger partial charge on any atom is -0.394 e. The quantitative estimate of drug-likeness (QED) is 0.894. The molecule has 1 fully saturated rings. The van der Waals surface area contributed by atoms with E-state index in [9.17, 15) is 4.79 Å². The second-order valence-electron chi connectivity index (χ2n) is 4.98. The number of carbonyl (C=O) groups is 1. The molecule has 5 heteroatoms. The van der Waals surface area contributed by atoms with Gasteiger partial charge < -0.3 is 14.7 Å². The highest BCUT2D eigenvalue weighted by Crippen LogP contribution is 2.15. The molecule has 1 saturated heterocycles. The van der Waals surface area contributed by atoms with Crippen molar-refractivity contribution in [2.45, 2.75) is 38.4 Å². The predicted molar refractivity (Wildman–Crippen MR) is 75.3 cm³/mol. The Kier molecular flexibility index (Phi) is 5.36. The van der Waals surface area contributed by atoms with E-state index >= 15 is 0 Å². The lowest BCUT2D eigenvalue weighted by molar-refractivity contribution is -0.147. The van der Waals surface area contributed by atoms with Gasteiger partial charge in [-0.25, -0.2) is 0 Å². The number of amides is 1. The molecule has 0 aromatic carbocycles. The molecule has 1 aromatic rings. The van der Waals surface area contributed by atoms with Crippen molar-refractivity contribution in [3.63, 3.8) is 0 Å². The van der Waals surface area contributed by atoms with Crippen LogP contribution in [0.3, 0.4) is 0 Å². The van der Waals surface area contributed by atoms with Crippen molar-refractivity contribution in [1.29, 1.82) is 0 Å². The Morgan fingerprint density at radius 2 is 2.42 bits per heavy atom. The Bertz CT molecular complexity index is 393. The third-order valence-corrected chi connectivity index (χ3v) is 4.21. The zero-order valence-corrected chi connectivity index (χ0v) is 12.1. The minimum atomic E-state index is -0.231. The van der Waals surface area contributed by atoms with Crippen LogP contribution in [0.1, 0.15) is 24.6 Å². The highest BCUT2D eigenvalue weighted by atomic mass is 32.1. The molecule has 2 heterocycles. The van der Waals surface area contributed by atoms with Crippen LogP contribution in [0.25, 0.3) is 0 Å².